The summed E-state index contributed by atoms with van der Waals surface area (Å²) >= 11 is 0. The Balaban J connectivity index is 0. The van der Waals surface area contributed by atoms with Crippen LogP contribution in [0.3, 0.4) is 0 Å². The molecule has 0 radical (unpaired) electrons. The van der Waals surface area contributed by atoms with Crippen LogP contribution in [0.2, 0.25) is 0 Å². The fraction of sp³-hybridized carbons (Fsp3) is 1.00. The second kappa shape index (κ2) is 5.62. The van der Waals surface area contributed by atoms with Gasteiger partial charge in [0.1, 0.15) is 15.6 Å². The number of rotatable bonds is 4. The summed E-state index contributed by atoms with van der Waals surface area (Å²) in [5.41, 5.74) is -1.77. The first-order valence-electron chi connectivity index (χ1n) is 3.26. The van der Waals surface area contributed by atoms with Gasteiger partial charge in [-0.05, 0) is 6.92 Å². The zero-order chi connectivity index (χ0) is 9.99. The zero-order valence-corrected chi connectivity index (χ0v) is 10.5. The molecule has 0 spiro atoms. The van der Waals surface area contributed by atoms with E-state index in [0.29, 0.717) is 0 Å². The van der Waals surface area contributed by atoms with Crippen molar-refractivity contribution in [1.82, 2.24) is 0 Å². The standard InChI is InChI=1S/C5H12O6S.Na/c1-3-5(6,7)11-4(2)12(8,9)10;/h4,6-7H,3H2,1-2H3,(H,8,9,10);/q;+1/p-1. The van der Waals surface area contributed by atoms with Crippen LogP contribution in [0.25, 0.3) is 0 Å². The van der Waals surface area contributed by atoms with Gasteiger partial charge < -0.3 is 19.5 Å². The number of hydrogen-bond donors (Lipinski definition) is 2. The van der Waals surface area contributed by atoms with Crippen LogP contribution >= 0.6 is 0 Å². The van der Waals surface area contributed by atoms with Gasteiger partial charge in [0.05, 0.1) is 0 Å². The van der Waals surface area contributed by atoms with Gasteiger partial charge in [-0.25, -0.2) is 8.42 Å². The van der Waals surface area contributed by atoms with E-state index in [0.717, 1.165) is 6.92 Å². The Labute approximate surface area is 98.9 Å². The minimum Gasteiger partial charge on any atom is -0.746 e. The molecule has 0 aliphatic heterocycles. The summed E-state index contributed by atoms with van der Waals surface area (Å²) in [5, 5.41) is 17.6. The molecule has 0 bridgehead atoms. The molecule has 0 heterocycles. The molecule has 0 aromatic carbocycles. The molecule has 1 atom stereocenters. The van der Waals surface area contributed by atoms with Crippen molar-refractivity contribution in [3.63, 3.8) is 0 Å². The monoisotopic (exact) mass is 222 g/mol. The summed E-state index contributed by atoms with van der Waals surface area (Å²) in [6.07, 6.45) is -0.229. The van der Waals surface area contributed by atoms with Crippen molar-refractivity contribution < 1.29 is 57.5 Å². The van der Waals surface area contributed by atoms with E-state index in [1.807, 2.05) is 0 Å². The van der Waals surface area contributed by atoms with Gasteiger partial charge in [-0.3, -0.25) is 0 Å². The maximum atomic E-state index is 10.2. The molecule has 0 aromatic heterocycles. The van der Waals surface area contributed by atoms with Gasteiger partial charge in [-0.15, -0.1) is 0 Å². The van der Waals surface area contributed by atoms with Crippen molar-refractivity contribution >= 4 is 10.1 Å². The van der Waals surface area contributed by atoms with Crippen LogP contribution in [0.5, 0.6) is 0 Å². The van der Waals surface area contributed by atoms with Crippen LogP contribution in [0, 0.1) is 0 Å². The fourth-order valence-corrected chi connectivity index (χ4v) is 0.680. The van der Waals surface area contributed by atoms with E-state index in [-0.39, 0.29) is 36.0 Å². The van der Waals surface area contributed by atoms with Gasteiger partial charge in [0, 0.05) is 6.42 Å². The van der Waals surface area contributed by atoms with E-state index < -0.39 is 21.5 Å². The Morgan fingerprint density at radius 3 is 2.15 bits per heavy atom. The van der Waals surface area contributed by atoms with Crippen molar-refractivity contribution in [1.29, 1.82) is 0 Å². The maximum Gasteiger partial charge on any atom is 1.00 e. The summed E-state index contributed by atoms with van der Waals surface area (Å²) in [4.78, 5) is 0. The van der Waals surface area contributed by atoms with E-state index in [4.69, 9.17) is 10.2 Å². The third kappa shape index (κ3) is 6.81. The minimum absolute atomic E-state index is 0. The molecule has 0 amide bonds. The molecular formula is C5H11NaO6S. The van der Waals surface area contributed by atoms with E-state index in [1.54, 1.807) is 0 Å². The molecule has 74 valence electrons. The smallest absolute Gasteiger partial charge is 0.746 e. The molecule has 0 aromatic rings. The maximum absolute atomic E-state index is 10.2. The quantitative estimate of drug-likeness (QED) is 0.285. The molecule has 0 saturated carbocycles. The predicted molar refractivity (Wildman–Crippen MR) is 37.7 cm³/mol. The zero-order valence-electron chi connectivity index (χ0n) is 7.72. The summed E-state index contributed by atoms with van der Waals surface area (Å²) in [5.74, 6) is -2.56. The summed E-state index contributed by atoms with van der Waals surface area (Å²) < 4.78 is 34.8. The van der Waals surface area contributed by atoms with E-state index >= 15 is 0 Å². The van der Waals surface area contributed by atoms with Gasteiger partial charge in [-0.2, -0.15) is 0 Å². The van der Waals surface area contributed by atoms with Gasteiger partial charge in [0.25, 0.3) is 5.97 Å². The molecule has 13 heavy (non-hydrogen) atoms. The molecule has 6 nitrogen and oxygen atoms in total. The normalized spacial score (nSPS) is 14.8. The Morgan fingerprint density at radius 1 is 1.54 bits per heavy atom. The van der Waals surface area contributed by atoms with Crippen LogP contribution in [0.4, 0.5) is 0 Å². The van der Waals surface area contributed by atoms with Crippen LogP contribution in [0.1, 0.15) is 20.3 Å². The number of hydrogen-bond acceptors (Lipinski definition) is 6. The molecule has 8 heteroatoms. The Kier molecular flexibility index (Phi) is 7.01. The minimum atomic E-state index is -4.64. The molecule has 2 N–H and O–H groups in total. The summed E-state index contributed by atoms with van der Waals surface area (Å²) in [6.45, 7) is 2.29. The topological polar surface area (TPSA) is 107 Å². The molecule has 0 fully saturated rings. The van der Waals surface area contributed by atoms with Crippen molar-refractivity contribution in [3.05, 3.63) is 0 Å². The first-order valence-corrected chi connectivity index (χ1v) is 4.73. The fourth-order valence-electron chi connectivity index (χ4n) is 0.408. The molecular weight excluding hydrogens is 211 g/mol. The second-order valence-corrected chi connectivity index (χ2v) is 3.92. The Bertz CT molecular complexity index is 235. The average molecular weight is 222 g/mol. The third-order valence-electron chi connectivity index (χ3n) is 1.22. The average Bonchev–Trinajstić information content (AvgIpc) is 1.85. The van der Waals surface area contributed by atoms with Crippen LogP contribution < -0.4 is 29.6 Å². The SMILES string of the molecule is CCC(O)(O)OC(C)S(=O)(=O)[O-].[Na+]. The molecule has 0 saturated heterocycles. The van der Waals surface area contributed by atoms with Crippen molar-refractivity contribution in [2.75, 3.05) is 0 Å². The van der Waals surface area contributed by atoms with Gasteiger partial charge in [-0.1, -0.05) is 6.92 Å². The van der Waals surface area contributed by atoms with Gasteiger partial charge in [0.15, 0.2) is 0 Å². The van der Waals surface area contributed by atoms with Crippen LogP contribution in [-0.4, -0.2) is 34.6 Å². The first kappa shape index (κ1) is 16.2. The second-order valence-electron chi connectivity index (χ2n) is 2.27. The summed E-state index contributed by atoms with van der Waals surface area (Å²) in [6, 6.07) is 0. The van der Waals surface area contributed by atoms with Crippen LogP contribution in [0.15, 0.2) is 0 Å². The molecule has 0 aliphatic carbocycles. The predicted octanol–water partition coefficient (Wildman–Crippen LogP) is -4.05. The van der Waals surface area contributed by atoms with Crippen molar-refractivity contribution in [3.8, 4) is 0 Å². The number of ether oxygens (including phenoxy) is 1. The van der Waals surface area contributed by atoms with Gasteiger partial charge in [0.2, 0.25) is 0 Å². The summed E-state index contributed by atoms with van der Waals surface area (Å²) in [7, 11) is -4.64. The molecule has 1 unspecified atom stereocenters. The van der Waals surface area contributed by atoms with Crippen molar-refractivity contribution in [2.24, 2.45) is 0 Å². The Morgan fingerprint density at radius 2 is 1.92 bits per heavy atom. The Hall–Kier alpha value is 0.790. The number of aliphatic hydroxyl groups is 2. The van der Waals surface area contributed by atoms with Crippen LogP contribution in [-0.2, 0) is 14.9 Å². The van der Waals surface area contributed by atoms with Crippen molar-refractivity contribution in [2.45, 2.75) is 31.7 Å². The van der Waals surface area contributed by atoms with E-state index in [2.05, 4.69) is 4.74 Å². The first-order chi connectivity index (χ1) is 5.19. The van der Waals surface area contributed by atoms with E-state index in [1.165, 1.54) is 6.92 Å². The van der Waals surface area contributed by atoms with E-state index in [9.17, 15) is 13.0 Å². The van der Waals surface area contributed by atoms with Gasteiger partial charge >= 0.3 is 29.6 Å². The largest absolute Gasteiger partial charge is 1.00 e. The third-order valence-corrected chi connectivity index (χ3v) is 2.13. The molecule has 0 aliphatic rings. The molecule has 0 rings (SSSR count).